The van der Waals surface area contributed by atoms with Crippen LogP contribution in [0, 0.1) is 6.92 Å². The molecule has 0 saturated heterocycles. The van der Waals surface area contributed by atoms with E-state index in [1.54, 1.807) is 35.1 Å². The highest BCUT2D eigenvalue weighted by atomic mass is 19.4. The number of nitrogens with one attached hydrogen (secondary N) is 1. The monoisotopic (exact) mass is 404 g/mol. The van der Waals surface area contributed by atoms with Gasteiger partial charge in [0.2, 0.25) is 0 Å². The molecular weight excluding hydrogens is 381 g/mol. The summed E-state index contributed by atoms with van der Waals surface area (Å²) >= 11 is 0. The number of alkyl halides is 3. The second-order valence-corrected chi connectivity index (χ2v) is 7.73. The van der Waals surface area contributed by atoms with Crippen LogP contribution in [0.2, 0.25) is 0 Å². The van der Waals surface area contributed by atoms with E-state index in [1.807, 2.05) is 20.9 Å². The van der Waals surface area contributed by atoms with E-state index < -0.39 is 11.6 Å². The summed E-state index contributed by atoms with van der Waals surface area (Å²) < 4.78 is 41.6. The molecule has 0 spiro atoms. The lowest BCUT2D eigenvalue weighted by molar-refractivity contribution is -0.181. The summed E-state index contributed by atoms with van der Waals surface area (Å²) in [6.07, 6.45) is -2.69. The molecule has 0 aliphatic carbocycles. The highest BCUT2D eigenvalue weighted by molar-refractivity contribution is 5.98. The smallest absolute Gasteiger partial charge is 0.345 e. The first-order chi connectivity index (χ1) is 13.4. The van der Waals surface area contributed by atoms with Crippen LogP contribution in [0.5, 0.6) is 0 Å². The highest BCUT2D eigenvalue weighted by Gasteiger charge is 2.49. The van der Waals surface area contributed by atoms with Crippen molar-refractivity contribution >= 4 is 16.8 Å². The van der Waals surface area contributed by atoms with Crippen LogP contribution < -0.4 is 5.32 Å². The minimum Gasteiger partial charge on any atom is -0.345 e. The van der Waals surface area contributed by atoms with Crippen molar-refractivity contribution in [1.82, 2.24) is 20.1 Å². The Hall–Kier alpha value is -2.90. The van der Waals surface area contributed by atoms with Gasteiger partial charge >= 0.3 is 6.18 Å². The van der Waals surface area contributed by atoms with E-state index in [2.05, 4.69) is 15.4 Å². The van der Waals surface area contributed by atoms with Crippen molar-refractivity contribution in [3.8, 4) is 0 Å². The van der Waals surface area contributed by atoms with Gasteiger partial charge in [0, 0.05) is 29.3 Å². The molecule has 0 saturated carbocycles. The van der Waals surface area contributed by atoms with Gasteiger partial charge in [-0.05, 0) is 52.0 Å². The molecule has 0 fully saturated rings. The van der Waals surface area contributed by atoms with Gasteiger partial charge < -0.3 is 5.32 Å². The third-order valence-corrected chi connectivity index (χ3v) is 5.39. The predicted octanol–water partition coefficient (Wildman–Crippen LogP) is 4.61. The van der Waals surface area contributed by atoms with Gasteiger partial charge in [0.25, 0.3) is 5.91 Å². The molecule has 1 amide bonds. The maximum absolute atomic E-state index is 13.3. The van der Waals surface area contributed by atoms with Gasteiger partial charge in [-0.25, -0.2) is 0 Å². The Morgan fingerprint density at radius 3 is 2.45 bits per heavy atom. The van der Waals surface area contributed by atoms with Gasteiger partial charge in [0.15, 0.2) is 0 Å². The zero-order valence-corrected chi connectivity index (χ0v) is 16.9. The molecule has 0 aliphatic rings. The van der Waals surface area contributed by atoms with Crippen LogP contribution in [0.4, 0.5) is 13.2 Å². The lowest BCUT2D eigenvalue weighted by Crippen LogP contribution is -2.37. The summed E-state index contributed by atoms with van der Waals surface area (Å²) in [5.41, 5.74) is 0.579. The Morgan fingerprint density at radius 2 is 1.86 bits per heavy atom. The largest absolute Gasteiger partial charge is 0.399 e. The van der Waals surface area contributed by atoms with Crippen molar-refractivity contribution in [1.29, 1.82) is 0 Å². The first-order valence-electron chi connectivity index (χ1n) is 9.19. The molecule has 5 nitrogen and oxygen atoms in total. The molecule has 154 valence electrons. The number of aromatic nitrogens is 3. The minimum absolute atomic E-state index is 0.0598. The quantitative estimate of drug-likeness (QED) is 0.691. The number of carbonyl (C=O) groups excluding carboxylic acids is 1. The molecule has 2 aromatic heterocycles. The number of aryl methyl sites for hydroxylation is 1. The predicted molar refractivity (Wildman–Crippen MR) is 105 cm³/mol. The van der Waals surface area contributed by atoms with Crippen molar-refractivity contribution in [2.24, 2.45) is 7.05 Å². The van der Waals surface area contributed by atoms with Gasteiger partial charge in [0.1, 0.15) is 5.41 Å². The summed E-state index contributed by atoms with van der Waals surface area (Å²) in [5.74, 6) is -0.276. The maximum atomic E-state index is 13.3. The fourth-order valence-electron chi connectivity index (χ4n) is 3.06. The lowest BCUT2D eigenvalue weighted by atomic mass is 9.87. The number of hydrogen-bond donors (Lipinski definition) is 1. The number of carbonyl (C=O) groups is 1. The van der Waals surface area contributed by atoms with Crippen LogP contribution in [-0.2, 0) is 12.5 Å². The topological polar surface area (TPSA) is 59.8 Å². The summed E-state index contributed by atoms with van der Waals surface area (Å²) in [5, 5.41) is 7.71. The molecule has 3 aromatic rings. The van der Waals surface area contributed by atoms with E-state index in [-0.39, 0.29) is 17.6 Å². The van der Waals surface area contributed by atoms with E-state index in [4.69, 9.17) is 0 Å². The van der Waals surface area contributed by atoms with E-state index in [1.165, 1.54) is 6.07 Å². The maximum Gasteiger partial charge on any atom is 0.399 e. The Kier molecular flexibility index (Phi) is 5.15. The zero-order valence-electron chi connectivity index (χ0n) is 16.9. The molecule has 0 bridgehead atoms. The number of nitrogens with zero attached hydrogens (tertiary/aromatic N) is 3. The molecular formula is C21H23F3N4O. The number of fused-ring (bicyclic) bond motifs is 1. The van der Waals surface area contributed by atoms with Crippen molar-refractivity contribution in [3.05, 3.63) is 59.0 Å². The molecule has 1 aromatic carbocycles. The summed E-state index contributed by atoms with van der Waals surface area (Å²) in [6, 6.07) is 7.46. The molecule has 0 unspecified atom stereocenters. The SMILES string of the molecule is Cc1c([C@H](C)NC(=O)c2ccc3nc(C(C)(C)C(F)(F)F)ccc3c2)cnn1C. The standard InChI is InChI=1S/C21H23F3N4O/c1-12(16-11-25-28(5)13(16)2)26-19(29)15-6-8-17-14(10-15)7-9-18(27-17)20(3,4)21(22,23)24/h6-12H,1-5H3,(H,26,29)/t12-/m0/s1. The fourth-order valence-corrected chi connectivity index (χ4v) is 3.06. The van der Waals surface area contributed by atoms with Crippen LogP contribution in [0.1, 0.15) is 54.1 Å². The second-order valence-electron chi connectivity index (χ2n) is 7.73. The highest BCUT2D eigenvalue weighted by Crippen LogP contribution is 2.39. The van der Waals surface area contributed by atoms with E-state index in [0.29, 0.717) is 16.5 Å². The molecule has 3 rings (SSSR count). The van der Waals surface area contributed by atoms with Crippen LogP contribution in [0.25, 0.3) is 10.9 Å². The first kappa shape index (κ1) is 20.8. The van der Waals surface area contributed by atoms with Crippen LogP contribution in [0.15, 0.2) is 36.5 Å². The Balaban J connectivity index is 1.85. The van der Waals surface area contributed by atoms with Gasteiger partial charge in [-0.2, -0.15) is 18.3 Å². The molecule has 8 heteroatoms. The number of halogens is 3. The van der Waals surface area contributed by atoms with E-state index in [9.17, 15) is 18.0 Å². The summed E-state index contributed by atoms with van der Waals surface area (Å²) in [4.78, 5) is 16.8. The molecule has 29 heavy (non-hydrogen) atoms. The number of hydrogen-bond acceptors (Lipinski definition) is 3. The van der Waals surface area contributed by atoms with Crippen LogP contribution in [0.3, 0.4) is 0 Å². The van der Waals surface area contributed by atoms with Crippen molar-refractivity contribution in [2.45, 2.75) is 45.3 Å². The number of benzene rings is 1. The summed E-state index contributed by atoms with van der Waals surface area (Å²) in [6.45, 7) is 6.00. The van der Waals surface area contributed by atoms with E-state index in [0.717, 1.165) is 25.1 Å². The van der Waals surface area contributed by atoms with Crippen molar-refractivity contribution < 1.29 is 18.0 Å². The van der Waals surface area contributed by atoms with Gasteiger partial charge in [-0.1, -0.05) is 6.07 Å². The zero-order chi connectivity index (χ0) is 21.6. The average Bonchev–Trinajstić information content (AvgIpc) is 2.98. The Bertz CT molecular complexity index is 1070. The molecule has 0 radical (unpaired) electrons. The van der Waals surface area contributed by atoms with Crippen molar-refractivity contribution in [3.63, 3.8) is 0 Å². The summed E-state index contributed by atoms with van der Waals surface area (Å²) in [7, 11) is 1.83. The number of amides is 1. The van der Waals surface area contributed by atoms with Crippen molar-refractivity contribution in [2.75, 3.05) is 0 Å². The Labute approximate surface area is 166 Å². The second kappa shape index (κ2) is 7.17. The third-order valence-electron chi connectivity index (χ3n) is 5.39. The molecule has 1 atom stereocenters. The lowest BCUT2D eigenvalue weighted by Gasteiger charge is -2.27. The molecule has 2 heterocycles. The van der Waals surface area contributed by atoms with Crippen LogP contribution >= 0.6 is 0 Å². The van der Waals surface area contributed by atoms with E-state index >= 15 is 0 Å². The number of rotatable bonds is 4. The minimum atomic E-state index is -4.41. The fraction of sp³-hybridized carbons (Fsp3) is 0.381. The molecule has 0 aliphatic heterocycles. The molecule has 1 N–H and O–H groups in total. The van der Waals surface area contributed by atoms with Gasteiger partial charge in [0.05, 0.1) is 23.4 Å². The van der Waals surface area contributed by atoms with Crippen LogP contribution in [-0.4, -0.2) is 26.8 Å². The number of pyridine rings is 1. The Morgan fingerprint density at radius 1 is 1.17 bits per heavy atom. The average molecular weight is 404 g/mol. The third kappa shape index (κ3) is 3.83. The van der Waals surface area contributed by atoms with Gasteiger partial charge in [-0.3, -0.25) is 14.5 Å². The normalized spacial score (nSPS) is 13.5. The van der Waals surface area contributed by atoms with Gasteiger partial charge in [-0.15, -0.1) is 0 Å². The first-order valence-corrected chi connectivity index (χ1v) is 9.19.